The summed E-state index contributed by atoms with van der Waals surface area (Å²) in [7, 11) is 0. The summed E-state index contributed by atoms with van der Waals surface area (Å²) in [4.78, 5) is 10.5. The molecule has 0 aliphatic heterocycles. The Bertz CT molecular complexity index is 716. The lowest BCUT2D eigenvalue weighted by Gasteiger charge is -2.09. The van der Waals surface area contributed by atoms with Crippen molar-refractivity contribution in [3.05, 3.63) is 63.4 Å². The fraction of sp³-hybridized carbons (Fsp3) is 0. The van der Waals surface area contributed by atoms with Crippen LogP contribution in [0.4, 0.5) is 4.39 Å². The lowest BCUT2D eigenvalue weighted by molar-refractivity contribution is -0.131. The molecule has 0 unspecified atom stereocenters. The number of carbonyl (C=O) groups is 1. The number of aliphatic carboxylic acids is 1. The molecule has 3 nitrogen and oxygen atoms in total. The third-order valence-corrected chi connectivity index (χ3v) is 3.42. The van der Waals surface area contributed by atoms with Crippen molar-refractivity contribution >= 4 is 39.6 Å². The summed E-state index contributed by atoms with van der Waals surface area (Å²) in [5.41, 5.74) is 0.693. The van der Waals surface area contributed by atoms with Crippen LogP contribution in [0.5, 0.6) is 11.5 Å². The van der Waals surface area contributed by atoms with Crippen LogP contribution in [0.1, 0.15) is 5.56 Å². The third kappa shape index (κ3) is 4.31. The smallest absolute Gasteiger partial charge is 0.328 e. The molecule has 0 bridgehead atoms. The minimum absolute atomic E-state index is 0.0237. The summed E-state index contributed by atoms with van der Waals surface area (Å²) in [6, 6.07) is 9.18. The Morgan fingerprint density at radius 1 is 1.29 bits per heavy atom. The minimum atomic E-state index is -1.02. The van der Waals surface area contributed by atoms with E-state index < -0.39 is 11.8 Å². The zero-order valence-corrected chi connectivity index (χ0v) is 12.9. The predicted molar refractivity (Wildman–Crippen MR) is 82.3 cm³/mol. The van der Waals surface area contributed by atoms with E-state index in [4.69, 9.17) is 21.4 Å². The first-order valence-electron chi connectivity index (χ1n) is 5.79. The molecule has 2 aromatic rings. The van der Waals surface area contributed by atoms with Gasteiger partial charge in [0.15, 0.2) is 0 Å². The average Bonchev–Trinajstić information content (AvgIpc) is 2.43. The van der Waals surface area contributed by atoms with Crippen molar-refractivity contribution in [2.45, 2.75) is 0 Å². The Morgan fingerprint density at radius 3 is 2.67 bits per heavy atom. The summed E-state index contributed by atoms with van der Waals surface area (Å²) in [6.07, 6.45) is 2.50. The molecule has 0 heterocycles. The second-order valence-electron chi connectivity index (χ2n) is 4.04. The Hall–Kier alpha value is -1.85. The first kappa shape index (κ1) is 15.5. The Kier molecular flexibility index (Phi) is 4.98. The number of hydrogen-bond acceptors (Lipinski definition) is 2. The van der Waals surface area contributed by atoms with Crippen LogP contribution in [0.15, 0.2) is 46.9 Å². The molecule has 0 amide bonds. The minimum Gasteiger partial charge on any atom is -0.478 e. The van der Waals surface area contributed by atoms with Crippen molar-refractivity contribution in [2.24, 2.45) is 0 Å². The highest BCUT2D eigenvalue weighted by Gasteiger charge is 2.06. The predicted octanol–water partition coefficient (Wildman–Crippen LogP) is 5.13. The molecule has 21 heavy (non-hydrogen) atoms. The van der Waals surface area contributed by atoms with E-state index in [0.717, 1.165) is 6.08 Å². The number of ether oxygens (including phenoxy) is 1. The number of halogens is 3. The van der Waals surface area contributed by atoms with E-state index in [1.54, 1.807) is 24.3 Å². The van der Waals surface area contributed by atoms with Gasteiger partial charge in [0.05, 0.1) is 9.50 Å². The molecule has 0 fully saturated rings. The molecule has 2 aromatic carbocycles. The summed E-state index contributed by atoms with van der Waals surface area (Å²) in [5, 5.41) is 8.60. The van der Waals surface area contributed by atoms with E-state index in [1.165, 1.54) is 18.2 Å². The molecule has 0 aliphatic carbocycles. The van der Waals surface area contributed by atoms with Gasteiger partial charge in [-0.2, -0.15) is 0 Å². The number of carboxylic acids is 1. The number of benzene rings is 2. The van der Waals surface area contributed by atoms with E-state index in [-0.39, 0.29) is 5.02 Å². The van der Waals surface area contributed by atoms with Crippen molar-refractivity contribution < 1.29 is 19.0 Å². The van der Waals surface area contributed by atoms with Crippen molar-refractivity contribution in [3.8, 4) is 11.5 Å². The van der Waals surface area contributed by atoms with Crippen LogP contribution >= 0.6 is 27.5 Å². The highest BCUT2D eigenvalue weighted by molar-refractivity contribution is 9.10. The average molecular weight is 372 g/mol. The fourth-order valence-electron chi connectivity index (χ4n) is 1.54. The maximum Gasteiger partial charge on any atom is 0.328 e. The molecule has 6 heteroatoms. The van der Waals surface area contributed by atoms with Crippen LogP contribution in [0.2, 0.25) is 5.02 Å². The molecule has 0 aliphatic rings. The lowest BCUT2D eigenvalue weighted by atomic mass is 10.2. The van der Waals surface area contributed by atoms with Gasteiger partial charge in [-0.25, -0.2) is 9.18 Å². The summed E-state index contributed by atoms with van der Waals surface area (Å²) >= 11 is 8.92. The van der Waals surface area contributed by atoms with Crippen LogP contribution in [-0.2, 0) is 4.79 Å². The van der Waals surface area contributed by atoms with Gasteiger partial charge in [0.2, 0.25) is 0 Å². The Morgan fingerprint density at radius 2 is 2.05 bits per heavy atom. The Balaban J connectivity index is 2.21. The molecule has 1 N–H and O–H groups in total. The van der Waals surface area contributed by atoms with E-state index in [9.17, 15) is 9.18 Å². The zero-order chi connectivity index (χ0) is 15.4. The summed E-state index contributed by atoms with van der Waals surface area (Å²) in [5.74, 6) is -0.801. The summed E-state index contributed by atoms with van der Waals surface area (Å²) < 4.78 is 19.5. The van der Waals surface area contributed by atoms with Crippen LogP contribution in [-0.4, -0.2) is 11.1 Å². The van der Waals surface area contributed by atoms with Gasteiger partial charge in [-0.05, 0) is 51.8 Å². The lowest BCUT2D eigenvalue weighted by Crippen LogP contribution is -1.89. The first-order valence-corrected chi connectivity index (χ1v) is 6.96. The standard InChI is InChI=1S/C15H9BrClFO3/c16-11-7-9(2-6-15(19)20)1-5-14(11)21-10-3-4-12(17)13(18)8-10/h1-8H,(H,19,20)/b6-2+. The highest BCUT2D eigenvalue weighted by Crippen LogP contribution is 2.32. The molecule has 0 saturated heterocycles. The van der Waals surface area contributed by atoms with Gasteiger partial charge in [-0.15, -0.1) is 0 Å². The van der Waals surface area contributed by atoms with Crippen molar-refractivity contribution in [1.82, 2.24) is 0 Å². The van der Waals surface area contributed by atoms with Gasteiger partial charge in [-0.3, -0.25) is 0 Å². The number of rotatable bonds is 4. The van der Waals surface area contributed by atoms with Crippen molar-refractivity contribution in [2.75, 3.05) is 0 Å². The van der Waals surface area contributed by atoms with Gasteiger partial charge in [-0.1, -0.05) is 17.7 Å². The quantitative estimate of drug-likeness (QED) is 0.758. The van der Waals surface area contributed by atoms with E-state index >= 15 is 0 Å². The van der Waals surface area contributed by atoms with Crippen LogP contribution in [0.25, 0.3) is 6.08 Å². The summed E-state index contributed by atoms with van der Waals surface area (Å²) in [6.45, 7) is 0. The van der Waals surface area contributed by atoms with Crippen molar-refractivity contribution in [1.29, 1.82) is 0 Å². The molecule has 0 atom stereocenters. The fourth-order valence-corrected chi connectivity index (χ4v) is 2.13. The Labute approximate surface area is 133 Å². The zero-order valence-electron chi connectivity index (χ0n) is 10.5. The largest absolute Gasteiger partial charge is 0.478 e. The number of hydrogen-bond donors (Lipinski definition) is 1. The topological polar surface area (TPSA) is 46.5 Å². The van der Waals surface area contributed by atoms with Gasteiger partial charge in [0.1, 0.15) is 17.3 Å². The molecule has 0 spiro atoms. The molecule has 0 saturated carbocycles. The molecule has 2 rings (SSSR count). The maximum atomic E-state index is 13.3. The molecular formula is C15H9BrClFO3. The third-order valence-electron chi connectivity index (χ3n) is 2.49. The maximum absolute atomic E-state index is 13.3. The second-order valence-corrected chi connectivity index (χ2v) is 5.30. The SMILES string of the molecule is O=C(O)/C=C/c1ccc(Oc2ccc(Cl)c(F)c2)c(Br)c1. The highest BCUT2D eigenvalue weighted by atomic mass is 79.9. The van der Waals surface area contributed by atoms with E-state index in [1.807, 2.05) is 0 Å². The number of carboxylic acid groups (broad SMARTS) is 1. The van der Waals surface area contributed by atoms with Gasteiger partial charge in [0.25, 0.3) is 0 Å². The van der Waals surface area contributed by atoms with Crippen LogP contribution in [0.3, 0.4) is 0 Å². The van der Waals surface area contributed by atoms with Gasteiger partial charge >= 0.3 is 5.97 Å². The monoisotopic (exact) mass is 370 g/mol. The molecule has 0 aromatic heterocycles. The molecular weight excluding hydrogens is 363 g/mol. The van der Waals surface area contributed by atoms with E-state index in [2.05, 4.69) is 15.9 Å². The van der Waals surface area contributed by atoms with Gasteiger partial charge in [0, 0.05) is 12.1 Å². The van der Waals surface area contributed by atoms with E-state index in [0.29, 0.717) is 21.5 Å². The normalized spacial score (nSPS) is 10.8. The van der Waals surface area contributed by atoms with Crippen LogP contribution < -0.4 is 4.74 Å². The van der Waals surface area contributed by atoms with Gasteiger partial charge < -0.3 is 9.84 Å². The molecule has 0 radical (unpaired) electrons. The first-order chi connectivity index (χ1) is 9.95. The molecule has 108 valence electrons. The second kappa shape index (κ2) is 6.74. The van der Waals surface area contributed by atoms with Crippen molar-refractivity contribution in [3.63, 3.8) is 0 Å². The van der Waals surface area contributed by atoms with Crippen LogP contribution in [0, 0.1) is 5.82 Å².